The molecular formula is C13H9BFNO4. The van der Waals surface area contributed by atoms with Gasteiger partial charge >= 0.3 is 13.0 Å². The summed E-state index contributed by atoms with van der Waals surface area (Å²) in [4.78, 5) is 22.1. The van der Waals surface area contributed by atoms with Crippen LogP contribution in [0.5, 0.6) is 5.75 Å². The summed E-state index contributed by atoms with van der Waals surface area (Å²) < 4.78 is 18.2. The lowest BCUT2D eigenvalue weighted by atomic mass is 9.75. The smallest absolute Gasteiger partial charge is 0.425 e. The SMILES string of the molecule is O=NB(O)c1cccc(C(=O)Oc2ccccc2F)c1. The van der Waals surface area contributed by atoms with Crippen molar-refractivity contribution in [3.8, 4) is 5.75 Å². The minimum absolute atomic E-state index is 0.0773. The molecule has 20 heavy (non-hydrogen) atoms. The number of halogens is 1. The number of nitroso groups, excluding NO2 is 1. The number of nitrogens with zero attached hydrogens (tertiary/aromatic N) is 1. The Hall–Kier alpha value is -2.54. The third-order valence-electron chi connectivity index (χ3n) is 2.56. The van der Waals surface area contributed by atoms with E-state index in [0.29, 0.717) is 0 Å². The minimum atomic E-state index is -1.56. The predicted molar refractivity (Wildman–Crippen MR) is 71.2 cm³/mol. The maximum atomic E-state index is 13.4. The normalized spacial score (nSPS) is 9.90. The lowest BCUT2D eigenvalue weighted by Crippen LogP contribution is -2.28. The fraction of sp³-hybridized carbons (Fsp3) is 0. The van der Waals surface area contributed by atoms with Crippen LogP contribution in [0.3, 0.4) is 0 Å². The van der Waals surface area contributed by atoms with E-state index >= 15 is 0 Å². The van der Waals surface area contributed by atoms with E-state index in [1.165, 1.54) is 48.5 Å². The van der Waals surface area contributed by atoms with Gasteiger partial charge in [-0.15, -0.1) is 0 Å². The van der Waals surface area contributed by atoms with Crippen molar-refractivity contribution in [3.63, 3.8) is 0 Å². The summed E-state index contributed by atoms with van der Waals surface area (Å²) >= 11 is 0. The molecule has 5 nitrogen and oxygen atoms in total. The van der Waals surface area contributed by atoms with Gasteiger partial charge in [-0.2, -0.15) is 4.91 Å². The van der Waals surface area contributed by atoms with E-state index in [4.69, 9.17) is 4.74 Å². The molecule has 0 saturated heterocycles. The molecule has 2 aromatic rings. The summed E-state index contributed by atoms with van der Waals surface area (Å²) in [6, 6.07) is 11.1. The van der Waals surface area contributed by atoms with Crippen molar-refractivity contribution in [3.05, 3.63) is 64.8 Å². The van der Waals surface area contributed by atoms with E-state index in [1.54, 1.807) is 0 Å². The zero-order chi connectivity index (χ0) is 14.5. The molecule has 0 aromatic heterocycles. The second-order valence-electron chi connectivity index (χ2n) is 3.92. The van der Waals surface area contributed by atoms with Gasteiger partial charge < -0.3 is 9.76 Å². The van der Waals surface area contributed by atoms with Gasteiger partial charge in [0.05, 0.1) is 5.56 Å². The number of rotatable bonds is 4. The number of carbonyl (C=O) groups excluding carboxylic acids is 1. The fourth-order valence-corrected chi connectivity index (χ4v) is 1.57. The summed E-state index contributed by atoms with van der Waals surface area (Å²) in [7, 11) is -1.56. The van der Waals surface area contributed by atoms with E-state index in [1.807, 2.05) is 0 Å². The molecule has 0 aliphatic heterocycles. The zero-order valence-electron chi connectivity index (χ0n) is 10.2. The highest BCUT2D eigenvalue weighted by Crippen LogP contribution is 2.16. The average Bonchev–Trinajstić information content (AvgIpc) is 2.49. The Labute approximate surface area is 114 Å². The molecule has 0 heterocycles. The molecule has 100 valence electrons. The van der Waals surface area contributed by atoms with Crippen LogP contribution in [0.4, 0.5) is 4.39 Å². The van der Waals surface area contributed by atoms with Crippen molar-refractivity contribution < 1.29 is 18.9 Å². The van der Waals surface area contributed by atoms with Gasteiger partial charge in [-0.3, -0.25) is 0 Å². The van der Waals surface area contributed by atoms with Crippen molar-refractivity contribution in [2.24, 2.45) is 5.09 Å². The molecular weight excluding hydrogens is 264 g/mol. The molecule has 7 heteroatoms. The van der Waals surface area contributed by atoms with Crippen LogP contribution in [-0.4, -0.2) is 18.0 Å². The molecule has 0 saturated carbocycles. The van der Waals surface area contributed by atoms with Crippen LogP contribution < -0.4 is 10.2 Å². The summed E-state index contributed by atoms with van der Waals surface area (Å²) in [6.45, 7) is 0. The minimum Gasteiger partial charge on any atom is -0.425 e. The van der Waals surface area contributed by atoms with Crippen molar-refractivity contribution >= 4 is 18.5 Å². The van der Waals surface area contributed by atoms with Gasteiger partial charge in [0.15, 0.2) is 11.6 Å². The highest BCUT2D eigenvalue weighted by atomic mass is 19.1. The first-order chi connectivity index (χ1) is 9.61. The number of esters is 1. The van der Waals surface area contributed by atoms with Gasteiger partial charge in [0.25, 0.3) is 0 Å². The molecule has 0 amide bonds. The molecule has 0 aliphatic rings. The number of benzene rings is 2. The van der Waals surface area contributed by atoms with Gasteiger partial charge in [-0.05, 0) is 29.7 Å². The fourth-order valence-electron chi connectivity index (χ4n) is 1.57. The maximum Gasteiger partial charge on any atom is 0.517 e. The van der Waals surface area contributed by atoms with Gasteiger partial charge in [0.1, 0.15) is 0 Å². The van der Waals surface area contributed by atoms with Crippen LogP contribution in [0.2, 0.25) is 0 Å². The average molecular weight is 273 g/mol. The molecule has 0 bridgehead atoms. The molecule has 0 fully saturated rings. The van der Waals surface area contributed by atoms with Gasteiger partial charge in [-0.25, -0.2) is 9.18 Å². The first-order valence-corrected chi connectivity index (χ1v) is 5.69. The Balaban J connectivity index is 2.22. The lowest BCUT2D eigenvalue weighted by Gasteiger charge is -2.06. The number of hydrogen-bond donors (Lipinski definition) is 1. The van der Waals surface area contributed by atoms with Gasteiger partial charge in [-0.1, -0.05) is 29.4 Å². The largest absolute Gasteiger partial charge is 0.517 e. The van der Waals surface area contributed by atoms with Crippen LogP contribution >= 0.6 is 0 Å². The standard InChI is InChI=1S/C13H9BFNO4/c15-11-6-1-2-7-12(11)20-13(17)9-4-3-5-10(8-9)14(18)16-19/h1-8,18H. The number of para-hydroxylation sites is 1. The molecule has 2 rings (SSSR count). The Morgan fingerprint density at radius 1 is 1.20 bits per heavy atom. The van der Waals surface area contributed by atoms with E-state index in [9.17, 15) is 19.1 Å². The monoisotopic (exact) mass is 273 g/mol. The Kier molecular flexibility index (Phi) is 4.22. The van der Waals surface area contributed by atoms with E-state index in [0.717, 1.165) is 0 Å². The van der Waals surface area contributed by atoms with Crippen molar-refractivity contribution in [1.82, 2.24) is 0 Å². The molecule has 0 aliphatic carbocycles. The van der Waals surface area contributed by atoms with Crippen LogP contribution in [0.1, 0.15) is 10.4 Å². The van der Waals surface area contributed by atoms with Crippen LogP contribution in [0.25, 0.3) is 0 Å². The number of carbonyl (C=O) groups is 1. The Morgan fingerprint density at radius 2 is 1.95 bits per heavy atom. The first kappa shape index (κ1) is 13.9. The van der Waals surface area contributed by atoms with Crippen molar-refractivity contribution in [2.45, 2.75) is 0 Å². The van der Waals surface area contributed by atoms with Crippen LogP contribution in [-0.2, 0) is 0 Å². The number of ether oxygens (including phenoxy) is 1. The topological polar surface area (TPSA) is 76.0 Å². The van der Waals surface area contributed by atoms with E-state index < -0.39 is 18.8 Å². The maximum absolute atomic E-state index is 13.4. The third-order valence-corrected chi connectivity index (χ3v) is 2.56. The van der Waals surface area contributed by atoms with Gasteiger partial charge in [0.2, 0.25) is 0 Å². The Morgan fingerprint density at radius 3 is 2.65 bits per heavy atom. The third kappa shape index (κ3) is 3.07. The Bertz CT molecular complexity index is 650. The van der Waals surface area contributed by atoms with Crippen LogP contribution in [0.15, 0.2) is 53.6 Å². The lowest BCUT2D eigenvalue weighted by molar-refractivity contribution is 0.0728. The molecule has 2 aromatic carbocycles. The highest BCUT2D eigenvalue weighted by molar-refractivity contribution is 6.64. The molecule has 0 unspecified atom stereocenters. The molecule has 0 spiro atoms. The van der Waals surface area contributed by atoms with E-state index in [2.05, 4.69) is 5.09 Å². The summed E-state index contributed by atoms with van der Waals surface area (Å²) in [5.41, 5.74) is 0.233. The first-order valence-electron chi connectivity index (χ1n) is 5.69. The second kappa shape index (κ2) is 6.07. The molecule has 1 N–H and O–H groups in total. The van der Waals surface area contributed by atoms with Crippen molar-refractivity contribution in [2.75, 3.05) is 0 Å². The van der Waals surface area contributed by atoms with Crippen molar-refractivity contribution in [1.29, 1.82) is 0 Å². The molecule has 0 radical (unpaired) electrons. The summed E-state index contributed by atoms with van der Waals surface area (Å²) in [5, 5.41) is 11.7. The second-order valence-corrected chi connectivity index (χ2v) is 3.92. The number of hydrogen-bond acceptors (Lipinski definition) is 5. The summed E-state index contributed by atoms with van der Waals surface area (Å²) in [6.07, 6.45) is 0. The zero-order valence-corrected chi connectivity index (χ0v) is 10.2. The quantitative estimate of drug-likeness (QED) is 0.396. The van der Waals surface area contributed by atoms with Gasteiger partial charge in [0, 0.05) is 0 Å². The summed E-state index contributed by atoms with van der Waals surface area (Å²) in [5.74, 6) is -1.65. The molecule has 0 atom stereocenters. The van der Waals surface area contributed by atoms with E-state index in [-0.39, 0.29) is 16.8 Å². The predicted octanol–water partition coefficient (Wildman–Crippen LogP) is 1.50. The van der Waals surface area contributed by atoms with Crippen LogP contribution in [0, 0.1) is 10.7 Å². The highest BCUT2D eigenvalue weighted by Gasteiger charge is 2.18.